The van der Waals surface area contributed by atoms with Crippen LogP contribution in [0.3, 0.4) is 0 Å². The third-order valence-electron chi connectivity index (χ3n) is 13.1. The Kier molecular flexibility index (Phi) is 23.4. The summed E-state index contributed by atoms with van der Waals surface area (Å²) in [4.78, 5) is 65.6. The van der Waals surface area contributed by atoms with Gasteiger partial charge in [-0.3, -0.25) is 29.1 Å². The number of carbonyl (C=O) groups is 4. The molecule has 0 radical (unpaired) electrons. The summed E-state index contributed by atoms with van der Waals surface area (Å²) in [6.45, 7) is 14.1. The number of benzene rings is 5. The largest absolute Gasteiger partial charge is 0.385 e. The number of hydrogen-bond donors (Lipinski definition) is 4. The van der Waals surface area contributed by atoms with Crippen LogP contribution in [-0.2, 0) is 12.8 Å². The molecule has 0 saturated carbocycles. The number of hydrogen-bond acceptors (Lipinski definition) is 8. The van der Waals surface area contributed by atoms with E-state index in [1.54, 1.807) is 78.4 Å². The Morgan fingerprint density at radius 3 is 1.23 bits per heavy atom. The smallest absolute Gasteiger partial charge is 0.253 e. The first-order chi connectivity index (χ1) is 38.8. The zero-order valence-corrected chi connectivity index (χ0v) is 48.0. The van der Waals surface area contributed by atoms with Crippen LogP contribution in [0.25, 0.3) is 11.1 Å². The Labute approximate surface area is 479 Å². The maximum Gasteiger partial charge on any atom is 0.253 e. The van der Waals surface area contributed by atoms with Gasteiger partial charge in [-0.25, -0.2) is 17.6 Å². The molecule has 0 spiro atoms. The minimum absolute atomic E-state index is 0.0578. The molecule has 0 aliphatic heterocycles. The van der Waals surface area contributed by atoms with Gasteiger partial charge in [-0.1, -0.05) is 64.1 Å². The van der Waals surface area contributed by atoms with Crippen LogP contribution < -0.4 is 10.6 Å². The Morgan fingerprint density at radius 1 is 0.494 bits per heavy atom. The lowest BCUT2D eigenvalue weighted by molar-refractivity contribution is 0.0747. The SMILES string of the molecule is CCCN(CCC)C(=O)c1cc(C)cc(C(=O)N[C@@H](Cc2cc(F)cc(F)c2)C(O)c2ccc(-c3ccccc3)cn2)c1.CCCN(CCC)C(=O)c1cc(C)cc(C(=O)N[C@@H](Cc2cc(F)cc(F)c2)C(O)c2ccc(Br)cn2)c1. The van der Waals surface area contributed by atoms with Crippen LogP contribution in [0.2, 0.25) is 0 Å². The molecule has 17 heteroatoms. The number of aryl methyl sites for hydroxylation is 2. The van der Waals surface area contributed by atoms with Crippen molar-refractivity contribution >= 4 is 39.6 Å². The fraction of sp³-hybridized carbons (Fsp3) is 0.312. The number of amides is 4. The normalized spacial score (nSPS) is 12.5. The van der Waals surface area contributed by atoms with Crippen molar-refractivity contribution in [1.82, 2.24) is 30.4 Å². The second kappa shape index (κ2) is 30.3. The summed E-state index contributed by atoms with van der Waals surface area (Å²) in [7, 11) is 0. The minimum Gasteiger partial charge on any atom is -0.385 e. The number of nitrogens with zero attached hydrogens (tertiary/aromatic N) is 4. The van der Waals surface area contributed by atoms with Crippen molar-refractivity contribution in [2.75, 3.05) is 26.2 Å². The van der Waals surface area contributed by atoms with E-state index in [0.29, 0.717) is 41.8 Å². The topological polar surface area (TPSA) is 165 Å². The van der Waals surface area contributed by atoms with Crippen molar-refractivity contribution < 1.29 is 47.0 Å². The molecule has 0 aliphatic carbocycles. The maximum atomic E-state index is 14.0. The number of halogens is 5. The number of carbonyl (C=O) groups excluding carboxylic acids is 4. The van der Waals surface area contributed by atoms with E-state index in [1.165, 1.54) is 24.4 Å². The van der Waals surface area contributed by atoms with Crippen molar-refractivity contribution in [3.8, 4) is 11.1 Å². The molecule has 2 aromatic heterocycles. The zero-order chi connectivity index (χ0) is 58.8. The van der Waals surface area contributed by atoms with Crippen LogP contribution in [0.5, 0.6) is 0 Å². The van der Waals surface area contributed by atoms with Crippen LogP contribution in [0.4, 0.5) is 17.6 Å². The van der Waals surface area contributed by atoms with Gasteiger partial charge in [0.25, 0.3) is 23.6 Å². The predicted octanol–water partition coefficient (Wildman–Crippen LogP) is 12.4. The summed E-state index contributed by atoms with van der Waals surface area (Å²) in [5.41, 5.74) is 5.64. The van der Waals surface area contributed by atoms with Gasteiger partial charge in [0.15, 0.2) is 0 Å². The first-order valence-electron chi connectivity index (χ1n) is 27.1. The van der Waals surface area contributed by atoms with Crippen molar-refractivity contribution in [3.63, 3.8) is 0 Å². The van der Waals surface area contributed by atoms with Crippen molar-refractivity contribution in [2.24, 2.45) is 0 Å². The summed E-state index contributed by atoms with van der Waals surface area (Å²) in [5.74, 6) is -4.40. The second-order valence-corrected chi connectivity index (χ2v) is 20.9. The number of rotatable bonds is 23. The quantitative estimate of drug-likeness (QED) is 0.0460. The van der Waals surface area contributed by atoms with E-state index in [0.717, 1.165) is 72.2 Å². The number of pyridine rings is 2. The van der Waals surface area contributed by atoms with Crippen LogP contribution in [0, 0.1) is 37.1 Å². The van der Waals surface area contributed by atoms with Crippen molar-refractivity contribution in [2.45, 2.75) is 104 Å². The summed E-state index contributed by atoms with van der Waals surface area (Å²) in [6, 6.07) is 30.5. The van der Waals surface area contributed by atoms with Gasteiger partial charge in [-0.05, 0) is 175 Å². The van der Waals surface area contributed by atoms with Crippen LogP contribution in [-0.4, -0.2) is 91.9 Å². The van der Waals surface area contributed by atoms with Gasteiger partial charge in [-0.15, -0.1) is 0 Å². The molecular formula is C64H69BrF4N6O6. The molecule has 4 N–H and O–H groups in total. The second-order valence-electron chi connectivity index (χ2n) is 20.0. The molecule has 12 nitrogen and oxygen atoms in total. The molecular weight excluding hydrogens is 1100 g/mol. The fourth-order valence-corrected chi connectivity index (χ4v) is 9.69. The average Bonchev–Trinajstić information content (AvgIpc) is 3.49. The Balaban J connectivity index is 0.000000263. The molecule has 5 aromatic carbocycles. The van der Waals surface area contributed by atoms with Gasteiger partial charge < -0.3 is 30.6 Å². The maximum absolute atomic E-state index is 14.0. The highest BCUT2D eigenvalue weighted by Gasteiger charge is 2.29. The molecule has 0 fully saturated rings. The van der Waals surface area contributed by atoms with E-state index in [4.69, 9.17) is 0 Å². The fourth-order valence-electron chi connectivity index (χ4n) is 9.46. The average molecular weight is 1170 g/mol. The molecule has 2 unspecified atom stereocenters. The van der Waals surface area contributed by atoms with Crippen molar-refractivity contribution in [1.29, 1.82) is 0 Å². The molecule has 7 aromatic rings. The monoisotopic (exact) mass is 1170 g/mol. The summed E-state index contributed by atoms with van der Waals surface area (Å²) in [6.07, 6.45) is 3.70. The lowest BCUT2D eigenvalue weighted by atomic mass is 9.97. The highest BCUT2D eigenvalue weighted by Crippen LogP contribution is 2.26. The lowest BCUT2D eigenvalue weighted by Crippen LogP contribution is -2.41. The van der Waals surface area contributed by atoms with Crippen LogP contribution in [0.1, 0.15) is 141 Å². The lowest BCUT2D eigenvalue weighted by Gasteiger charge is -2.25. The van der Waals surface area contributed by atoms with Gasteiger partial charge in [0.05, 0.1) is 23.5 Å². The molecule has 0 saturated heterocycles. The predicted molar refractivity (Wildman–Crippen MR) is 309 cm³/mol. The molecule has 426 valence electrons. The molecule has 7 rings (SSSR count). The number of aliphatic hydroxyl groups is 2. The summed E-state index contributed by atoms with van der Waals surface area (Å²) >= 11 is 3.30. The van der Waals surface area contributed by atoms with Crippen molar-refractivity contribution in [3.05, 3.63) is 223 Å². The number of aromatic nitrogens is 2. The minimum atomic E-state index is -1.30. The zero-order valence-electron chi connectivity index (χ0n) is 46.4. The molecule has 4 atom stereocenters. The van der Waals surface area contributed by atoms with E-state index >= 15 is 0 Å². The molecule has 0 aliphatic rings. The van der Waals surface area contributed by atoms with Gasteiger partial charge in [0.2, 0.25) is 0 Å². The van der Waals surface area contributed by atoms with E-state index in [9.17, 15) is 47.0 Å². The highest BCUT2D eigenvalue weighted by molar-refractivity contribution is 9.10. The molecule has 0 bridgehead atoms. The van der Waals surface area contributed by atoms with Gasteiger partial charge in [0.1, 0.15) is 35.5 Å². The standard InChI is InChI=1S/C35H37F2N3O3.C29H32BrF2N3O3/c1-4-13-40(14-5-2)35(43)28-16-23(3)15-27(20-28)34(42)39-32(19-24-17-29(36)21-30(37)18-24)33(41)31-12-11-26(22-38-31)25-9-7-6-8-10-25;1-4-8-35(9-5-2)29(38)21-11-18(3)10-20(15-21)28(37)34-26(14-19-12-23(31)16-24(32)13-19)27(36)25-7-6-22(30)17-33-25/h6-12,15-18,20-22,32-33,41H,4-5,13-14,19H2,1-3H3,(H,39,42);6-7,10-13,15-17,26-27,36H,4-5,8-9,14H2,1-3H3,(H,34,37)/t32-,33?;26-,27?/m00/s1. The summed E-state index contributed by atoms with van der Waals surface area (Å²) < 4.78 is 56.5. The first kappa shape index (κ1) is 62.6. The summed E-state index contributed by atoms with van der Waals surface area (Å²) in [5, 5.41) is 28.2. The van der Waals surface area contributed by atoms with E-state index in [-0.39, 0.29) is 58.3 Å². The third-order valence-corrected chi connectivity index (χ3v) is 13.6. The first-order valence-corrected chi connectivity index (χ1v) is 27.9. The van der Waals surface area contributed by atoms with Crippen LogP contribution in [0.15, 0.2) is 144 Å². The van der Waals surface area contributed by atoms with Crippen LogP contribution >= 0.6 is 15.9 Å². The molecule has 81 heavy (non-hydrogen) atoms. The van der Waals surface area contributed by atoms with Gasteiger partial charge >= 0.3 is 0 Å². The molecule has 4 amide bonds. The number of aliphatic hydroxyl groups excluding tert-OH is 2. The Bertz CT molecular complexity index is 3190. The molecule has 2 heterocycles. The highest BCUT2D eigenvalue weighted by atomic mass is 79.9. The van der Waals surface area contributed by atoms with E-state index in [2.05, 4.69) is 36.5 Å². The van der Waals surface area contributed by atoms with E-state index in [1.807, 2.05) is 64.1 Å². The Morgan fingerprint density at radius 2 is 0.877 bits per heavy atom. The Hall–Kier alpha value is -7.60. The van der Waals surface area contributed by atoms with Gasteiger partial charge in [-0.2, -0.15) is 0 Å². The van der Waals surface area contributed by atoms with E-state index < -0.39 is 59.4 Å². The number of nitrogens with one attached hydrogen (secondary N) is 2. The van der Waals surface area contributed by atoms with Gasteiger partial charge in [0, 0.05) is 83.0 Å². The third kappa shape index (κ3) is 18.2.